The van der Waals surface area contributed by atoms with Crippen LogP contribution in [0.3, 0.4) is 0 Å². The van der Waals surface area contributed by atoms with Crippen LogP contribution in [0, 0.1) is 11.8 Å². The number of rotatable bonds is 4. The number of ketones is 1. The molecule has 0 bridgehead atoms. The van der Waals surface area contributed by atoms with E-state index in [1.807, 2.05) is 0 Å². The first-order chi connectivity index (χ1) is 11.5. The summed E-state index contributed by atoms with van der Waals surface area (Å²) in [6, 6.07) is 0. The number of Topliss-reactive ketones (excluding diaryl/α,β-unsaturated/α-hetero) is 1. The van der Waals surface area contributed by atoms with Crippen LogP contribution in [-0.4, -0.2) is 56.9 Å². The maximum absolute atomic E-state index is 13.2. The van der Waals surface area contributed by atoms with E-state index in [9.17, 15) is 4.79 Å². The van der Waals surface area contributed by atoms with E-state index < -0.39 is 0 Å². The molecule has 0 saturated heterocycles. The zero-order valence-corrected chi connectivity index (χ0v) is 16.9. The molecule has 24 heavy (non-hydrogen) atoms. The van der Waals surface area contributed by atoms with Crippen molar-refractivity contribution in [3.63, 3.8) is 0 Å². The minimum absolute atomic E-state index is 0.232. The van der Waals surface area contributed by atoms with Crippen LogP contribution in [0.1, 0.15) is 77.0 Å². The number of hydrogen-bond donors (Lipinski definition) is 0. The normalized spacial score (nSPS) is 26.3. The summed E-state index contributed by atoms with van der Waals surface area (Å²) in [5.41, 5.74) is 0. The summed E-state index contributed by atoms with van der Waals surface area (Å²) in [7, 11) is 8.40. The number of carbonyl (C=O) groups excluding carboxylic acids is 1. The van der Waals surface area contributed by atoms with Gasteiger partial charge < -0.3 is 9.80 Å². The van der Waals surface area contributed by atoms with Crippen LogP contribution in [0.25, 0.3) is 0 Å². The van der Waals surface area contributed by atoms with Gasteiger partial charge in [-0.1, -0.05) is 64.2 Å². The molecule has 3 heteroatoms. The highest BCUT2D eigenvalue weighted by Crippen LogP contribution is 2.23. The fraction of sp³-hybridized carbons (Fsp3) is 0.952. The van der Waals surface area contributed by atoms with Crippen LogP contribution in [-0.2, 0) is 4.79 Å². The molecule has 0 aromatic rings. The van der Waals surface area contributed by atoms with Gasteiger partial charge in [0.25, 0.3) is 0 Å². The minimum Gasteiger partial charge on any atom is -0.309 e. The number of hydrogen-bond acceptors (Lipinski definition) is 3. The Morgan fingerprint density at radius 2 is 0.917 bits per heavy atom. The molecule has 1 aliphatic rings. The van der Waals surface area contributed by atoms with Gasteiger partial charge in [-0.05, 0) is 41.0 Å². The summed E-state index contributed by atoms with van der Waals surface area (Å²) in [4.78, 5) is 17.6. The molecule has 0 amide bonds. The molecule has 0 aliphatic heterocycles. The molecule has 0 aromatic carbocycles. The van der Waals surface area contributed by atoms with E-state index in [2.05, 4.69) is 38.0 Å². The zero-order chi connectivity index (χ0) is 17.8. The molecule has 1 fully saturated rings. The summed E-state index contributed by atoms with van der Waals surface area (Å²) in [6.45, 7) is 1.84. The molecule has 1 rings (SSSR count). The van der Waals surface area contributed by atoms with E-state index >= 15 is 0 Å². The summed E-state index contributed by atoms with van der Waals surface area (Å²) in [6.07, 6.45) is 15.5. The molecule has 142 valence electrons. The van der Waals surface area contributed by atoms with E-state index in [1.54, 1.807) is 0 Å². The first-order valence-electron chi connectivity index (χ1n) is 10.3. The lowest BCUT2D eigenvalue weighted by Gasteiger charge is -2.27. The Labute approximate surface area is 151 Å². The van der Waals surface area contributed by atoms with Gasteiger partial charge >= 0.3 is 0 Å². The predicted octanol–water partition coefficient (Wildman–Crippen LogP) is 4.61. The van der Waals surface area contributed by atoms with Gasteiger partial charge in [0.15, 0.2) is 0 Å². The first-order valence-corrected chi connectivity index (χ1v) is 10.3. The average Bonchev–Trinajstić information content (AvgIpc) is 2.52. The lowest BCUT2D eigenvalue weighted by Crippen LogP contribution is -2.36. The van der Waals surface area contributed by atoms with Crippen molar-refractivity contribution in [3.8, 4) is 0 Å². The molecule has 1 saturated carbocycles. The predicted molar refractivity (Wildman–Crippen MR) is 104 cm³/mol. The molecule has 0 spiro atoms. The zero-order valence-electron chi connectivity index (χ0n) is 16.9. The van der Waals surface area contributed by atoms with Gasteiger partial charge in [-0.25, -0.2) is 0 Å². The Morgan fingerprint density at radius 3 is 1.21 bits per heavy atom. The Bertz CT molecular complexity index is 298. The van der Waals surface area contributed by atoms with Gasteiger partial charge in [0.05, 0.1) is 0 Å². The van der Waals surface area contributed by atoms with Gasteiger partial charge in [0, 0.05) is 24.9 Å². The molecular formula is C21H42N2O. The maximum Gasteiger partial charge on any atom is 0.141 e. The summed E-state index contributed by atoms with van der Waals surface area (Å²) < 4.78 is 0. The Hall–Kier alpha value is -0.410. The highest BCUT2D eigenvalue weighted by molar-refractivity contribution is 5.83. The molecule has 1 aliphatic carbocycles. The SMILES string of the molecule is CN(C)C[C@@H]1CCCCCCCCCCCC[C@@H](CN(C)C)C1=O. The summed E-state index contributed by atoms with van der Waals surface area (Å²) >= 11 is 0. The Kier molecular flexibility index (Phi) is 11.6. The van der Waals surface area contributed by atoms with Crippen LogP contribution in [0.4, 0.5) is 0 Å². The lowest BCUT2D eigenvalue weighted by atomic mass is 9.85. The van der Waals surface area contributed by atoms with Gasteiger partial charge in [-0.15, -0.1) is 0 Å². The fourth-order valence-corrected chi connectivity index (χ4v) is 4.06. The largest absolute Gasteiger partial charge is 0.309 e. The third kappa shape index (κ3) is 9.78. The summed E-state index contributed by atoms with van der Waals surface area (Å²) in [5, 5.41) is 0. The molecule has 0 aromatic heterocycles. The lowest BCUT2D eigenvalue weighted by molar-refractivity contribution is -0.128. The Balaban J connectivity index is 2.71. The van der Waals surface area contributed by atoms with Crippen LogP contribution >= 0.6 is 0 Å². The van der Waals surface area contributed by atoms with E-state index in [0.29, 0.717) is 5.78 Å². The van der Waals surface area contributed by atoms with Gasteiger partial charge in [-0.2, -0.15) is 0 Å². The monoisotopic (exact) mass is 338 g/mol. The average molecular weight is 339 g/mol. The van der Waals surface area contributed by atoms with E-state index in [4.69, 9.17) is 0 Å². The third-order valence-electron chi connectivity index (χ3n) is 5.33. The van der Waals surface area contributed by atoms with Crippen molar-refractivity contribution < 1.29 is 4.79 Å². The minimum atomic E-state index is 0.232. The molecule has 0 heterocycles. The third-order valence-corrected chi connectivity index (χ3v) is 5.33. The van der Waals surface area contributed by atoms with Crippen LogP contribution in [0.5, 0.6) is 0 Å². The van der Waals surface area contributed by atoms with Crippen molar-refractivity contribution in [2.45, 2.75) is 77.0 Å². The van der Waals surface area contributed by atoms with Crippen molar-refractivity contribution in [1.29, 1.82) is 0 Å². The molecular weight excluding hydrogens is 296 g/mol. The second kappa shape index (κ2) is 12.9. The van der Waals surface area contributed by atoms with Crippen molar-refractivity contribution in [3.05, 3.63) is 0 Å². The quantitative estimate of drug-likeness (QED) is 0.748. The highest BCUT2D eigenvalue weighted by Gasteiger charge is 2.27. The van der Waals surface area contributed by atoms with Crippen molar-refractivity contribution >= 4 is 5.78 Å². The first kappa shape index (κ1) is 21.6. The van der Waals surface area contributed by atoms with Crippen LogP contribution in [0.15, 0.2) is 0 Å². The topological polar surface area (TPSA) is 23.6 Å². The molecule has 2 atom stereocenters. The fourth-order valence-electron chi connectivity index (χ4n) is 4.06. The highest BCUT2D eigenvalue weighted by atomic mass is 16.1. The molecule has 0 unspecified atom stereocenters. The Morgan fingerprint density at radius 1 is 0.625 bits per heavy atom. The van der Waals surface area contributed by atoms with Gasteiger partial charge in [0.1, 0.15) is 5.78 Å². The smallest absolute Gasteiger partial charge is 0.141 e. The standard InChI is InChI=1S/C21H42N2O/c1-22(2)17-19-15-13-11-9-7-5-6-8-10-12-14-16-20(21(19)24)18-23(3)4/h19-20H,5-18H2,1-4H3/t19-,20-/m0/s1. The van der Waals surface area contributed by atoms with E-state index in [0.717, 1.165) is 25.9 Å². The second-order valence-electron chi connectivity index (χ2n) is 8.43. The van der Waals surface area contributed by atoms with Gasteiger partial charge in [-0.3, -0.25) is 4.79 Å². The van der Waals surface area contributed by atoms with Crippen LogP contribution in [0.2, 0.25) is 0 Å². The number of carbonyl (C=O) groups is 1. The molecule has 3 nitrogen and oxygen atoms in total. The summed E-state index contributed by atoms with van der Waals surface area (Å²) in [5.74, 6) is 0.998. The van der Waals surface area contributed by atoms with E-state index in [-0.39, 0.29) is 11.8 Å². The van der Waals surface area contributed by atoms with Crippen molar-refractivity contribution in [1.82, 2.24) is 9.80 Å². The second-order valence-corrected chi connectivity index (χ2v) is 8.43. The van der Waals surface area contributed by atoms with E-state index in [1.165, 1.54) is 64.2 Å². The maximum atomic E-state index is 13.2. The molecule has 0 radical (unpaired) electrons. The van der Waals surface area contributed by atoms with Crippen LogP contribution < -0.4 is 0 Å². The molecule has 0 N–H and O–H groups in total. The van der Waals surface area contributed by atoms with Crippen molar-refractivity contribution in [2.24, 2.45) is 11.8 Å². The van der Waals surface area contributed by atoms with Gasteiger partial charge in [0.2, 0.25) is 0 Å². The van der Waals surface area contributed by atoms with Crippen molar-refractivity contribution in [2.75, 3.05) is 41.3 Å². The number of nitrogens with zero attached hydrogens (tertiary/aromatic N) is 2.